The minimum absolute atomic E-state index is 0. The third kappa shape index (κ3) is 5.45. The lowest BCUT2D eigenvalue weighted by molar-refractivity contribution is -0.923. The summed E-state index contributed by atoms with van der Waals surface area (Å²) in [6.45, 7) is 17.7. The summed E-state index contributed by atoms with van der Waals surface area (Å²) < 4.78 is 23.4. The van der Waals surface area contributed by atoms with Gasteiger partial charge in [-0.05, 0) is 26.2 Å². The van der Waals surface area contributed by atoms with Crippen LogP contribution in [0, 0.1) is 5.41 Å². The molecule has 25 heavy (non-hydrogen) atoms. The molecule has 0 aromatic heterocycles. The minimum Gasteiger partial charge on any atom is -1.00 e. The topological polar surface area (TPSA) is 29.5 Å². The van der Waals surface area contributed by atoms with E-state index in [4.69, 9.17) is 4.52 Å². The molecular formula is C19H40ClN2O2P. The molecular weight excluding hydrogens is 355 g/mol. The van der Waals surface area contributed by atoms with Crippen LogP contribution in [0.3, 0.4) is 0 Å². The molecule has 2 aliphatic heterocycles. The van der Waals surface area contributed by atoms with Crippen LogP contribution in [0.1, 0.15) is 67.2 Å². The van der Waals surface area contributed by atoms with E-state index >= 15 is 0 Å². The quantitative estimate of drug-likeness (QED) is 0.537. The first-order chi connectivity index (χ1) is 10.9. The predicted octanol–water partition coefficient (Wildman–Crippen LogP) is 1.75. The van der Waals surface area contributed by atoms with Crippen molar-refractivity contribution >= 4 is 7.52 Å². The molecule has 2 aliphatic rings. The number of halogens is 1. The van der Waals surface area contributed by atoms with E-state index in [-0.39, 0.29) is 23.0 Å². The smallest absolute Gasteiger partial charge is 0.277 e. The highest BCUT2D eigenvalue weighted by Crippen LogP contribution is 2.62. The number of nitrogens with zero attached hydrogens (tertiary/aromatic N) is 2. The van der Waals surface area contributed by atoms with Crippen LogP contribution in [0.15, 0.2) is 0 Å². The van der Waals surface area contributed by atoms with E-state index in [0.717, 1.165) is 32.0 Å². The normalized spacial score (nSPS) is 25.4. The number of hydrogen-bond acceptors (Lipinski definition) is 2. The molecule has 0 amide bonds. The summed E-state index contributed by atoms with van der Waals surface area (Å²) >= 11 is 0. The maximum absolute atomic E-state index is 13.8. The third-order valence-corrected chi connectivity index (χ3v) is 9.12. The van der Waals surface area contributed by atoms with Gasteiger partial charge in [0.25, 0.3) is 7.52 Å². The molecule has 0 aromatic rings. The van der Waals surface area contributed by atoms with Crippen molar-refractivity contribution in [2.24, 2.45) is 5.41 Å². The first-order valence-corrected chi connectivity index (χ1v) is 11.3. The number of quaternary nitrogens is 1. The van der Waals surface area contributed by atoms with E-state index in [9.17, 15) is 4.57 Å². The lowest BCUT2D eigenvalue weighted by atomic mass is 9.99. The Morgan fingerprint density at radius 1 is 1.04 bits per heavy atom. The third-order valence-electron chi connectivity index (χ3n) is 5.80. The van der Waals surface area contributed by atoms with Crippen molar-refractivity contribution in [2.45, 2.75) is 78.4 Å². The van der Waals surface area contributed by atoms with Crippen molar-refractivity contribution in [3.63, 3.8) is 0 Å². The van der Waals surface area contributed by atoms with Crippen molar-refractivity contribution in [3.05, 3.63) is 0 Å². The van der Waals surface area contributed by atoms with Crippen molar-refractivity contribution < 1.29 is 26.0 Å². The van der Waals surface area contributed by atoms with E-state index < -0.39 is 7.52 Å². The molecule has 1 atom stereocenters. The van der Waals surface area contributed by atoms with Gasteiger partial charge in [0.05, 0.1) is 37.9 Å². The largest absolute Gasteiger partial charge is 1.00 e. The van der Waals surface area contributed by atoms with Crippen molar-refractivity contribution in [1.29, 1.82) is 0 Å². The van der Waals surface area contributed by atoms with E-state index in [2.05, 4.69) is 53.3 Å². The molecule has 2 saturated heterocycles. The Morgan fingerprint density at radius 3 is 1.92 bits per heavy atom. The van der Waals surface area contributed by atoms with Crippen LogP contribution in [-0.2, 0) is 9.09 Å². The molecule has 2 heterocycles. The van der Waals surface area contributed by atoms with Crippen molar-refractivity contribution in [1.82, 2.24) is 4.67 Å². The number of likely N-dealkylation sites (tertiary alicyclic amines) is 1. The summed E-state index contributed by atoms with van der Waals surface area (Å²) in [7, 11) is -0.405. The summed E-state index contributed by atoms with van der Waals surface area (Å²) in [5, 5.41) is -0.336. The second-order valence-corrected chi connectivity index (χ2v) is 13.6. The zero-order valence-electron chi connectivity index (χ0n) is 17.5. The summed E-state index contributed by atoms with van der Waals surface area (Å²) in [5.74, 6) is 0. The number of piperidine rings is 1. The second-order valence-electron chi connectivity index (χ2n) is 10.3. The molecule has 150 valence electrons. The Hall–Kier alpha value is 0.400. The molecule has 0 aromatic carbocycles. The van der Waals surface area contributed by atoms with Crippen molar-refractivity contribution in [2.75, 3.05) is 39.8 Å². The molecule has 0 radical (unpaired) electrons. The van der Waals surface area contributed by atoms with Gasteiger partial charge < -0.3 is 21.4 Å². The van der Waals surface area contributed by atoms with E-state index in [1.165, 1.54) is 30.4 Å². The van der Waals surface area contributed by atoms with E-state index in [0.29, 0.717) is 6.61 Å². The van der Waals surface area contributed by atoms with Gasteiger partial charge in [-0.25, -0.2) is 4.67 Å². The first-order valence-electron chi connectivity index (χ1n) is 9.72. The van der Waals surface area contributed by atoms with Gasteiger partial charge in [-0.3, -0.25) is 4.57 Å². The molecule has 1 unspecified atom stereocenters. The van der Waals surface area contributed by atoms with Gasteiger partial charge in [0.15, 0.2) is 0 Å². The average molecular weight is 395 g/mol. The highest BCUT2D eigenvalue weighted by Gasteiger charge is 2.47. The van der Waals surface area contributed by atoms with Crippen LogP contribution in [0.25, 0.3) is 0 Å². The van der Waals surface area contributed by atoms with Crippen LogP contribution in [0.4, 0.5) is 0 Å². The van der Waals surface area contributed by atoms with Crippen LogP contribution in [0.2, 0.25) is 0 Å². The molecule has 2 rings (SSSR count). The van der Waals surface area contributed by atoms with Gasteiger partial charge in [-0.2, -0.15) is 0 Å². The molecule has 0 saturated carbocycles. The zero-order chi connectivity index (χ0) is 18.2. The monoisotopic (exact) mass is 394 g/mol. The van der Waals surface area contributed by atoms with Gasteiger partial charge in [0.1, 0.15) is 0 Å². The maximum Gasteiger partial charge on any atom is 0.277 e. The molecule has 6 heteroatoms. The van der Waals surface area contributed by atoms with Gasteiger partial charge >= 0.3 is 0 Å². The molecule has 0 N–H and O–H groups in total. The van der Waals surface area contributed by atoms with Gasteiger partial charge in [0, 0.05) is 38.8 Å². The van der Waals surface area contributed by atoms with Gasteiger partial charge in [0.2, 0.25) is 0 Å². The highest BCUT2D eigenvalue weighted by molar-refractivity contribution is 7.58. The number of hydrogen-bond donors (Lipinski definition) is 0. The van der Waals surface area contributed by atoms with E-state index in [1.54, 1.807) is 0 Å². The van der Waals surface area contributed by atoms with E-state index in [1.807, 2.05) is 0 Å². The first kappa shape index (κ1) is 23.4. The highest BCUT2D eigenvalue weighted by atomic mass is 35.5. The lowest BCUT2D eigenvalue weighted by Gasteiger charge is -2.46. The summed E-state index contributed by atoms with van der Waals surface area (Å²) in [4.78, 5) is 0. The van der Waals surface area contributed by atoms with Crippen molar-refractivity contribution in [3.8, 4) is 0 Å². The van der Waals surface area contributed by atoms with Gasteiger partial charge in [-0.15, -0.1) is 0 Å². The Labute approximate surface area is 162 Å². The molecule has 0 aliphatic carbocycles. The van der Waals surface area contributed by atoms with Gasteiger partial charge in [-0.1, -0.05) is 20.8 Å². The minimum atomic E-state index is -2.83. The zero-order valence-corrected chi connectivity index (χ0v) is 19.1. The Balaban J connectivity index is 0.00000312. The standard InChI is InChI=1S/C19H40N2O2P.ClH/c1-18(2,3)16-23-24(22,19(4,5)6)20-12-10-17(11-13-20)21(7)14-8-9-15-21;/h17H,8-16H2,1-7H3;1H/q+1;/p-1. The Bertz CT molecular complexity index is 471. The Morgan fingerprint density at radius 2 is 1.52 bits per heavy atom. The summed E-state index contributed by atoms with van der Waals surface area (Å²) in [5.41, 5.74) is 0.0352. The fraction of sp³-hybridized carbons (Fsp3) is 1.00. The Kier molecular flexibility index (Phi) is 7.67. The van der Waals surface area contributed by atoms with Crippen LogP contribution in [0.5, 0.6) is 0 Å². The maximum atomic E-state index is 13.8. The number of rotatable bonds is 4. The summed E-state index contributed by atoms with van der Waals surface area (Å²) in [6.07, 6.45) is 5.03. The predicted molar refractivity (Wildman–Crippen MR) is 103 cm³/mol. The van der Waals surface area contributed by atoms with Crippen LogP contribution < -0.4 is 12.4 Å². The van der Waals surface area contributed by atoms with Crippen LogP contribution in [-0.4, -0.2) is 60.2 Å². The molecule has 4 nitrogen and oxygen atoms in total. The SMILES string of the molecule is CC(C)(C)COP(=O)(N1CCC([N+]2(C)CCCC2)CC1)C(C)(C)C.[Cl-]. The molecule has 2 fully saturated rings. The fourth-order valence-corrected chi connectivity index (χ4v) is 6.86. The second kappa shape index (κ2) is 8.19. The molecule has 0 spiro atoms. The molecule has 0 bridgehead atoms. The van der Waals surface area contributed by atoms with Crippen LogP contribution >= 0.6 is 7.52 Å². The fourth-order valence-electron chi connectivity index (χ4n) is 4.14. The summed E-state index contributed by atoms with van der Waals surface area (Å²) in [6, 6.07) is 0.736. The lowest BCUT2D eigenvalue weighted by Crippen LogP contribution is -3.00. The average Bonchev–Trinajstić information content (AvgIpc) is 2.91.